The van der Waals surface area contributed by atoms with Crippen molar-refractivity contribution in [3.63, 3.8) is 0 Å². The second-order valence-electron chi connectivity index (χ2n) is 13.2. The molecule has 4 saturated carbocycles. The number of ether oxygens (including phenoxy) is 1. The van der Waals surface area contributed by atoms with E-state index in [2.05, 4.69) is 46.8 Å². The number of carbonyl (C=O) groups is 1. The summed E-state index contributed by atoms with van der Waals surface area (Å²) in [4.78, 5) is 13.8. The Kier molecular flexibility index (Phi) is 5.19. The summed E-state index contributed by atoms with van der Waals surface area (Å²) in [6.07, 6.45) is 7.46. The zero-order chi connectivity index (χ0) is 24.2. The Labute approximate surface area is 199 Å². The summed E-state index contributed by atoms with van der Waals surface area (Å²) in [6.45, 7) is 13.4. The maximum absolute atomic E-state index is 13.8. The van der Waals surface area contributed by atoms with Crippen LogP contribution in [0.4, 0.5) is 0 Å². The van der Waals surface area contributed by atoms with Crippen molar-refractivity contribution in [1.82, 2.24) is 0 Å². The molecule has 186 valence electrons. The maximum Gasteiger partial charge on any atom is 0.199 e. The second-order valence-corrected chi connectivity index (χ2v) is 13.2. The van der Waals surface area contributed by atoms with Gasteiger partial charge in [0.1, 0.15) is 17.3 Å². The minimum atomic E-state index is -1.58. The Morgan fingerprint density at radius 3 is 2.30 bits per heavy atom. The summed E-state index contributed by atoms with van der Waals surface area (Å²) in [6, 6.07) is 0. The van der Waals surface area contributed by atoms with Crippen LogP contribution in [0.5, 0.6) is 0 Å². The normalized spacial score (nSPS) is 55.0. The fraction of sp³-hybridized carbons (Fsp3) is 0.893. The van der Waals surface area contributed by atoms with E-state index in [4.69, 9.17) is 4.74 Å². The first kappa shape index (κ1) is 24.0. The second kappa shape index (κ2) is 7.15. The Balaban J connectivity index is 1.49. The third-order valence-electron chi connectivity index (χ3n) is 11.7. The molecular weight excluding hydrogens is 416 g/mol. The van der Waals surface area contributed by atoms with Gasteiger partial charge in [0, 0.05) is 23.2 Å². The van der Waals surface area contributed by atoms with Crippen molar-refractivity contribution in [3.8, 4) is 0 Å². The van der Waals surface area contributed by atoms with E-state index in [1.54, 1.807) is 0 Å². The molecule has 5 fully saturated rings. The van der Waals surface area contributed by atoms with Crippen LogP contribution in [0.25, 0.3) is 0 Å². The van der Waals surface area contributed by atoms with Gasteiger partial charge in [-0.3, -0.25) is 4.79 Å². The molecule has 0 aromatic heterocycles. The highest BCUT2D eigenvalue weighted by Gasteiger charge is 2.92. The van der Waals surface area contributed by atoms with Crippen molar-refractivity contribution in [2.45, 2.75) is 115 Å². The molecule has 0 radical (unpaired) electrons. The third-order valence-corrected chi connectivity index (χ3v) is 11.7. The molecule has 0 unspecified atom stereocenters. The van der Waals surface area contributed by atoms with Gasteiger partial charge in [-0.1, -0.05) is 53.7 Å². The number of aliphatic hydroxyl groups excluding tert-OH is 2. The maximum atomic E-state index is 13.8. The SMILES string of the molecule is CC(C)[C@@H](C)/C=C/[C@@H](C)[C@H]1CC[C@@]23O[C@@]24C(=O)[C@@H](O)[C@@]2(O)C[C@@H](O)CC[C@]2(C)[C@H]4CC[C@]13C. The van der Waals surface area contributed by atoms with Gasteiger partial charge in [0.25, 0.3) is 0 Å². The van der Waals surface area contributed by atoms with Crippen molar-refractivity contribution >= 4 is 5.78 Å². The largest absolute Gasteiger partial charge is 0.393 e. The molecule has 5 nitrogen and oxygen atoms in total. The van der Waals surface area contributed by atoms with E-state index in [0.717, 1.165) is 25.7 Å². The number of allylic oxidation sites excluding steroid dienone is 2. The van der Waals surface area contributed by atoms with Crippen LogP contribution in [-0.4, -0.2) is 50.1 Å². The lowest BCUT2D eigenvalue weighted by Gasteiger charge is -2.62. The van der Waals surface area contributed by atoms with Gasteiger partial charge >= 0.3 is 0 Å². The molecule has 5 rings (SSSR count). The number of Topliss-reactive ketones (excluding diaryl/α,β-unsaturated/α-hetero) is 1. The molecule has 5 heteroatoms. The molecule has 1 aliphatic heterocycles. The highest BCUT2D eigenvalue weighted by molar-refractivity contribution is 5.98. The van der Waals surface area contributed by atoms with E-state index in [-0.39, 0.29) is 23.5 Å². The highest BCUT2D eigenvalue weighted by atomic mass is 16.6. The molecule has 33 heavy (non-hydrogen) atoms. The van der Waals surface area contributed by atoms with Gasteiger partial charge in [-0.2, -0.15) is 0 Å². The lowest BCUT2D eigenvalue weighted by Crippen LogP contribution is -2.75. The molecule has 1 saturated heterocycles. The van der Waals surface area contributed by atoms with Crippen molar-refractivity contribution in [1.29, 1.82) is 0 Å². The topological polar surface area (TPSA) is 90.3 Å². The number of fused-ring (bicyclic) bond motifs is 2. The number of rotatable bonds is 4. The number of hydrogen-bond acceptors (Lipinski definition) is 5. The number of ketones is 1. The summed E-state index contributed by atoms with van der Waals surface area (Å²) >= 11 is 0. The minimum Gasteiger partial charge on any atom is -0.393 e. The number of hydrogen-bond donors (Lipinski definition) is 3. The molecular formula is C28H44O5. The van der Waals surface area contributed by atoms with Gasteiger partial charge in [0.15, 0.2) is 11.4 Å². The first-order valence-electron chi connectivity index (χ1n) is 13.3. The summed E-state index contributed by atoms with van der Waals surface area (Å²) in [5.74, 6) is 1.53. The summed E-state index contributed by atoms with van der Waals surface area (Å²) in [7, 11) is 0. The van der Waals surface area contributed by atoms with Crippen LogP contribution in [0.3, 0.4) is 0 Å². The lowest BCUT2D eigenvalue weighted by molar-refractivity contribution is -0.243. The average molecular weight is 461 g/mol. The molecule has 5 aliphatic rings. The van der Waals surface area contributed by atoms with Crippen LogP contribution in [0.1, 0.15) is 86.5 Å². The first-order chi connectivity index (χ1) is 15.3. The van der Waals surface area contributed by atoms with Gasteiger partial charge in [0.05, 0.1) is 6.10 Å². The molecule has 0 aromatic rings. The number of carbonyl (C=O) groups excluding carboxylic acids is 1. The standard InChI is InChI=1S/C28H44O5/c1-16(2)17(3)7-8-18(4)20-10-14-27-24(20,5)13-11-21-25(6)12-9-19(29)15-26(25,32)22(30)23(31)28(21,27)33-27/h7-8,16-22,29-30,32H,9-15H2,1-6H3/b8-7+/t17-,18+,19-,20+,21+,22+,24+,25+,26-,27-,28-/m0/s1. The zero-order valence-corrected chi connectivity index (χ0v) is 21.3. The van der Waals surface area contributed by atoms with Crippen molar-refractivity contribution in [2.24, 2.45) is 40.4 Å². The van der Waals surface area contributed by atoms with Gasteiger partial charge in [-0.15, -0.1) is 0 Å². The third kappa shape index (κ3) is 2.66. The molecule has 2 spiro atoms. The fourth-order valence-corrected chi connectivity index (χ4v) is 9.11. The van der Waals surface area contributed by atoms with Gasteiger partial charge in [-0.25, -0.2) is 0 Å². The monoisotopic (exact) mass is 460 g/mol. The smallest absolute Gasteiger partial charge is 0.199 e. The molecule has 0 bridgehead atoms. The Morgan fingerprint density at radius 2 is 1.64 bits per heavy atom. The van der Waals surface area contributed by atoms with Crippen LogP contribution in [-0.2, 0) is 9.53 Å². The fourth-order valence-electron chi connectivity index (χ4n) is 9.11. The summed E-state index contributed by atoms with van der Waals surface area (Å²) < 4.78 is 6.69. The van der Waals surface area contributed by atoms with E-state index in [1.807, 2.05) is 6.92 Å². The van der Waals surface area contributed by atoms with Gasteiger partial charge in [0.2, 0.25) is 0 Å². The van der Waals surface area contributed by atoms with Crippen molar-refractivity contribution in [3.05, 3.63) is 12.2 Å². The predicted molar refractivity (Wildman–Crippen MR) is 126 cm³/mol. The Morgan fingerprint density at radius 1 is 0.970 bits per heavy atom. The molecule has 0 amide bonds. The molecule has 1 heterocycles. The van der Waals surface area contributed by atoms with E-state index < -0.39 is 34.4 Å². The van der Waals surface area contributed by atoms with Crippen molar-refractivity contribution < 1.29 is 24.9 Å². The van der Waals surface area contributed by atoms with E-state index in [1.165, 1.54) is 0 Å². The van der Waals surface area contributed by atoms with Gasteiger partial charge in [-0.05, 0) is 62.2 Å². The predicted octanol–water partition coefficient (Wildman–Crippen LogP) is 4.03. The summed E-state index contributed by atoms with van der Waals surface area (Å²) in [5, 5.41) is 33.2. The lowest BCUT2D eigenvalue weighted by atomic mass is 9.42. The summed E-state index contributed by atoms with van der Waals surface area (Å²) in [5.41, 5.74) is -3.85. The molecule has 4 aliphatic carbocycles. The van der Waals surface area contributed by atoms with Crippen LogP contribution in [0, 0.1) is 40.4 Å². The number of aliphatic hydroxyl groups is 3. The van der Waals surface area contributed by atoms with Crippen molar-refractivity contribution in [2.75, 3.05) is 0 Å². The quantitative estimate of drug-likeness (QED) is 0.435. The average Bonchev–Trinajstić information content (AvgIpc) is 3.36. The first-order valence-corrected chi connectivity index (χ1v) is 13.3. The van der Waals surface area contributed by atoms with Crippen LogP contribution in [0.15, 0.2) is 12.2 Å². The van der Waals surface area contributed by atoms with E-state index in [9.17, 15) is 20.1 Å². The Bertz CT molecular complexity index is 868. The molecule has 11 atom stereocenters. The van der Waals surface area contributed by atoms with Crippen LogP contribution in [0.2, 0.25) is 0 Å². The highest BCUT2D eigenvalue weighted by Crippen LogP contribution is 2.81. The van der Waals surface area contributed by atoms with Crippen LogP contribution >= 0.6 is 0 Å². The number of epoxide rings is 1. The molecule has 3 N–H and O–H groups in total. The van der Waals surface area contributed by atoms with Gasteiger partial charge < -0.3 is 20.1 Å². The van der Waals surface area contributed by atoms with E-state index in [0.29, 0.717) is 36.5 Å². The minimum absolute atomic E-state index is 0.0613. The zero-order valence-electron chi connectivity index (χ0n) is 21.3. The Hall–Kier alpha value is -0.750. The molecule has 0 aromatic carbocycles. The van der Waals surface area contributed by atoms with E-state index >= 15 is 0 Å². The van der Waals surface area contributed by atoms with Crippen LogP contribution < -0.4 is 0 Å².